The third-order valence-corrected chi connectivity index (χ3v) is 2.52. The molecule has 0 N–H and O–H groups in total. The molecule has 0 radical (unpaired) electrons. The molecule has 0 amide bonds. The van der Waals surface area contributed by atoms with Gasteiger partial charge in [-0.25, -0.2) is 4.39 Å². The molecule has 2 nitrogen and oxygen atoms in total. The highest BCUT2D eigenvalue weighted by molar-refractivity contribution is 5.71. The Kier molecular flexibility index (Phi) is 3.59. The molecule has 0 fully saturated rings. The van der Waals surface area contributed by atoms with E-state index in [0.717, 1.165) is 0 Å². The molecule has 0 saturated carbocycles. The van der Waals surface area contributed by atoms with E-state index in [4.69, 9.17) is 11.2 Å². The van der Waals surface area contributed by atoms with Crippen LogP contribution >= 0.6 is 0 Å². The highest BCUT2D eigenvalue weighted by Crippen LogP contribution is 2.28. The maximum atomic E-state index is 14.0. The van der Waals surface area contributed by atoms with Crippen molar-refractivity contribution < 1.29 is 9.13 Å². The minimum Gasteiger partial charge on any atom is -0.494 e. The summed E-state index contributed by atoms with van der Waals surface area (Å²) in [6.45, 7) is 2.35. The van der Waals surface area contributed by atoms with Crippen LogP contribution in [0.1, 0.15) is 12.5 Å². The average molecular weight is 241 g/mol. The van der Waals surface area contributed by atoms with Gasteiger partial charge in [0.15, 0.2) is 0 Å². The molecule has 2 rings (SSSR count). The summed E-state index contributed by atoms with van der Waals surface area (Å²) in [7, 11) is 0. The standard InChI is InChI=1S/C15H12FNO/c1-3-11-7-8-17-10-14(11)13-6-5-12(18-4-2)9-15(13)16/h1,5-10H,4H2,2H3. The fourth-order valence-electron chi connectivity index (χ4n) is 1.71. The predicted octanol–water partition coefficient (Wildman–Crippen LogP) is 3.27. The lowest BCUT2D eigenvalue weighted by atomic mass is 10.0. The first kappa shape index (κ1) is 12.1. The fraction of sp³-hybridized carbons (Fsp3) is 0.133. The van der Waals surface area contributed by atoms with E-state index in [1.54, 1.807) is 30.6 Å². The Labute approximate surface area is 105 Å². The van der Waals surface area contributed by atoms with Crippen LogP contribution in [0.3, 0.4) is 0 Å². The van der Waals surface area contributed by atoms with Crippen molar-refractivity contribution in [1.29, 1.82) is 0 Å². The van der Waals surface area contributed by atoms with Crippen molar-refractivity contribution in [2.24, 2.45) is 0 Å². The Morgan fingerprint density at radius 3 is 2.83 bits per heavy atom. The maximum Gasteiger partial charge on any atom is 0.134 e. The van der Waals surface area contributed by atoms with Crippen LogP contribution in [0.4, 0.5) is 4.39 Å². The van der Waals surface area contributed by atoms with Crippen LogP contribution in [0.2, 0.25) is 0 Å². The molecule has 18 heavy (non-hydrogen) atoms. The average Bonchev–Trinajstić information content (AvgIpc) is 2.39. The molecule has 1 aromatic carbocycles. The van der Waals surface area contributed by atoms with E-state index in [1.165, 1.54) is 6.07 Å². The molecule has 0 unspecified atom stereocenters. The van der Waals surface area contributed by atoms with Gasteiger partial charge in [-0.2, -0.15) is 0 Å². The third-order valence-electron chi connectivity index (χ3n) is 2.52. The normalized spacial score (nSPS) is 9.83. The summed E-state index contributed by atoms with van der Waals surface area (Å²) >= 11 is 0. The van der Waals surface area contributed by atoms with E-state index in [0.29, 0.717) is 29.0 Å². The largest absolute Gasteiger partial charge is 0.494 e. The zero-order valence-electron chi connectivity index (χ0n) is 9.98. The lowest BCUT2D eigenvalue weighted by Gasteiger charge is -2.08. The Morgan fingerprint density at radius 2 is 2.17 bits per heavy atom. The van der Waals surface area contributed by atoms with Crippen LogP contribution in [0.5, 0.6) is 5.75 Å². The number of hydrogen-bond donors (Lipinski definition) is 0. The molecule has 90 valence electrons. The van der Waals surface area contributed by atoms with Crippen molar-refractivity contribution in [3.05, 3.63) is 48.0 Å². The molecule has 1 heterocycles. The van der Waals surface area contributed by atoms with Crippen LogP contribution in [0.25, 0.3) is 11.1 Å². The number of aromatic nitrogens is 1. The lowest BCUT2D eigenvalue weighted by Crippen LogP contribution is -1.94. The Bertz CT molecular complexity index is 602. The maximum absolute atomic E-state index is 14.0. The van der Waals surface area contributed by atoms with Gasteiger partial charge in [0.05, 0.1) is 6.61 Å². The zero-order valence-corrected chi connectivity index (χ0v) is 9.98. The molecule has 0 spiro atoms. The number of benzene rings is 1. The second-order valence-corrected chi connectivity index (χ2v) is 3.64. The van der Waals surface area contributed by atoms with E-state index in [9.17, 15) is 4.39 Å². The molecule has 0 bridgehead atoms. The van der Waals surface area contributed by atoms with Gasteiger partial charge in [-0.05, 0) is 25.1 Å². The second kappa shape index (κ2) is 5.33. The van der Waals surface area contributed by atoms with E-state index in [-0.39, 0.29) is 5.82 Å². The molecular formula is C15H12FNO. The van der Waals surface area contributed by atoms with Gasteiger partial charge in [0.25, 0.3) is 0 Å². The minimum absolute atomic E-state index is 0.370. The van der Waals surface area contributed by atoms with Crippen molar-refractivity contribution in [3.8, 4) is 29.2 Å². The summed E-state index contributed by atoms with van der Waals surface area (Å²) in [6, 6.07) is 6.41. The van der Waals surface area contributed by atoms with Crippen molar-refractivity contribution in [2.75, 3.05) is 6.61 Å². The van der Waals surface area contributed by atoms with Gasteiger partial charge in [-0.1, -0.05) is 5.92 Å². The number of hydrogen-bond acceptors (Lipinski definition) is 2. The molecule has 0 aliphatic rings. The SMILES string of the molecule is C#Cc1ccncc1-c1ccc(OCC)cc1F. The lowest BCUT2D eigenvalue weighted by molar-refractivity contribution is 0.338. The Morgan fingerprint density at radius 1 is 1.33 bits per heavy atom. The predicted molar refractivity (Wildman–Crippen MR) is 68.7 cm³/mol. The van der Waals surface area contributed by atoms with Gasteiger partial charge in [0.1, 0.15) is 11.6 Å². The molecule has 0 saturated heterocycles. The Hall–Kier alpha value is -2.34. The van der Waals surface area contributed by atoms with Gasteiger partial charge in [-0.15, -0.1) is 6.42 Å². The van der Waals surface area contributed by atoms with Gasteiger partial charge in [0.2, 0.25) is 0 Å². The summed E-state index contributed by atoms with van der Waals surface area (Å²) in [6.07, 6.45) is 8.54. The van der Waals surface area contributed by atoms with Crippen molar-refractivity contribution >= 4 is 0 Å². The summed E-state index contributed by atoms with van der Waals surface area (Å²) < 4.78 is 19.2. The quantitative estimate of drug-likeness (QED) is 0.769. The molecule has 1 aromatic heterocycles. The number of ether oxygens (including phenoxy) is 1. The molecular weight excluding hydrogens is 229 g/mol. The zero-order chi connectivity index (χ0) is 13.0. The Balaban J connectivity index is 2.49. The third kappa shape index (κ3) is 2.33. The van der Waals surface area contributed by atoms with Crippen molar-refractivity contribution in [3.63, 3.8) is 0 Å². The van der Waals surface area contributed by atoms with E-state index in [2.05, 4.69) is 10.9 Å². The van der Waals surface area contributed by atoms with E-state index >= 15 is 0 Å². The highest BCUT2D eigenvalue weighted by atomic mass is 19.1. The smallest absolute Gasteiger partial charge is 0.134 e. The number of rotatable bonds is 3. The van der Waals surface area contributed by atoms with Gasteiger partial charge in [-0.3, -0.25) is 4.98 Å². The van der Waals surface area contributed by atoms with E-state index in [1.807, 2.05) is 6.92 Å². The number of terminal acetylenes is 1. The fourth-order valence-corrected chi connectivity index (χ4v) is 1.71. The number of nitrogens with zero attached hydrogens (tertiary/aromatic N) is 1. The highest BCUT2D eigenvalue weighted by Gasteiger charge is 2.10. The van der Waals surface area contributed by atoms with Crippen LogP contribution in [-0.4, -0.2) is 11.6 Å². The van der Waals surface area contributed by atoms with Crippen LogP contribution in [-0.2, 0) is 0 Å². The molecule has 3 heteroatoms. The first-order valence-electron chi connectivity index (χ1n) is 5.59. The van der Waals surface area contributed by atoms with E-state index < -0.39 is 0 Å². The summed E-state index contributed by atoms with van der Waals surface area (Å²) in [4.78, 5) is 3.98. The first-order chi connectivity index (χ1) is 8.76. The summed E-state index contributed by atoms with van der Waals surface area (Å²) in [5, 5.41) is 0. The number of pyridine rings is 1. The van der Waals surface area contributed by atoms with Gasteiger partial charge in [0, 0.05) is 35.2 Å². The summed E-state index contributed by atoms with van der Waals surface area (Å²) in [5.74, 6) is 2.66. The van der Waals surface area contributed by atoms with Gasteiger partial charge >= 0.3 is 0 Å². The van der Waals surface area contributed by atoms with Crippen molar-refractivity contribution in [1.82, 2.24) is 4.98 Å². The minimum atomic E-state index is -0.370. The molecule has 0 aliphatic carbocycles. The van der Waals surface area contributed by atoms with Gasteiger partial charge < -0.3 is 4.74 Å². The second-order valence-electron chi connectivity index (χ2n) is 3.64. The van der Waals surface area contributed by atoms with Crippen molar-refractivity contribution in [2.45, 2.75) is 6.92 Å². The molecule has 0 atom stereocenters. The topological polar surface area (TPSA) is 22.1 Å². The van der Waals surface area contributed by atoms with Crippen LogP contribution < -0.4 is 4.74 Å². The monoisotopic (exact) mass is 241 g/mol. The number of halogens is 1. The first-order valence-corrected chi connectivity index (χ1v) is 5.59. The summed E-state index contributed by atoms with van der Waals surface area (Å²) in [5.41, 5.74) is 1.66. The van der Waals surface area contributed by atoms with Crippen LogP contribution in [0.15, 0.2) is 36.7 Å². The molecule has 0 aliphatic heterocycles. The molecule has 2 aromatic rings. The van der Waals surface area contributed by atoms with Crippen LogP contribution in [0, 0.1) is 18.2 Å².